The molecule has 0 saturated carbocycles. The van der Waals surface area contributed by atoms with E-state index in [2.05, 4.69) is 38.2 Å². The molecule has 2 atom stereocenters. The smallest absolute Gasteiger partial charge is 0.173 e. The molecule has 2 unspecified atom stereocenters. The molecule has 0 saturated heterocycles. The van der Waals surface area contributed by atoms with Crippen molar-refractivity contribution in [3.8, 4) is 0 Å². The van der Waals surface area contributed by atoms with Gasteiger partial charge < -0.3 is 5.32 Å². The zero-order chi connectivity index (χ0) is 14.8. The number of hydrogen-bond donors (Lipinski definition) is 1. The summed E-state index contributed by atoms with van der Waals surface area (Å²) in [7, 11) is -3.01. The Kier molecular flexibility index (Phi) is 4.35. The maximum atomic E-state index is 11.5. The van der Waals surface area contributed by atoms with Crippen molar-refractivity contribution in [2.24, 2.45) is 5.41 Å². The predicted octanol–water partition coefficient (Wildman–Crippen LogP) is 3.06. The van der Waals surface area contributed by atoms with Crippen molar-refractivity contribution in [2.45, 2.75) is 39.3 Å². The van der Waals surface area contributed by atoms with Crippen LogP contribution in [-0.2, 0) is 9.84 Å². The number of rotatable bonds is 4. The molecule has 0 amide bonds. The number of sulfone groups is 1. The first kappa shape index (κ1) is 15.3. The molecule has 0 aliphatic carbocycles. The first-order valence-corrected chi connectivity index (χ1v) is 8.69. The number of hydrogen-bond acceptors (Lipinski definition) is 3. The Morgan fingerprint density at radius 2 is 1.90 bits per heavy atom. The average Bonchev–Trinajstić information content (AvgIpc) is 2.67. The molecule has 0 bridgehead atoms. The summed E-state index contributed by atoms with van der Waals surface area (Å²) in [5.41, 5.74) is 1.38. The van der Waals surface area contributed by atoms with E-state index in [0.29, 0.717) is 0 Å². The third kappa shape index (κ3) is 4.46. The van der Waals surface area contributed by atoms with Crippen molar-refractivity contribution in [2.75, 3.05) is 5.75 Å². The van der Waals surface area contributed by atoms with Crippen LogP contribution in [0.2, 0.25) is 0 Å². The maximum Gasteiger partial charge on any atom is 0.173 e. The third-order valence-corrected chi connectivity index (χ3v) is 4.76. The van der Waals surface area contributed by atoms with Crippen LogP contribution in [0.4, 0.5) is 0 Å². The second-order valence-electron chi connectivity index (χ2n) is 6.66. The molecule has 1 aliphatic rings. The first-order chi connectivity index (χ1) is 9.25. The van der Waals surface area contributed by atoms with Crippen molar-refractivity contribution in [1.82, 2.24) is 5.32 Å². The quantitative estimate of drug-likeness (QED) is 0.928. The third-order valence-electron chi connectivity index (χ3n) is 3.36. The molecule has 0 fully saturated rings. The molecule has 4 heteroatoms. The van der Waals surface area contributed by atoms with Gasteiger partial charge in [0.25, 0.3) is 0 Å². The van der Waals surface area contributed by atoms with Crippen LogP contribution in [-0.4, -0.2) is 20.2 Å². The Labute approximate surface area is 122 Å². The van der Waals surface area contributed by atoms with Crippen LogP contribution in [0.5, 0.6) is 0 Å². The number of benzene rings is 1. The Morgan fingerprint density at radius 3 is 2.40 bits per heavy atom. The van der Waals surface area contributed by atoms with Crippen molar-refractivity contribution in [1.29, 1.82) is 0 Å². The van der Waals surface area contributed by atoms with Crippen molar-refractivity contribution in [3.63, 3.8) is 0 Å². The van der Waals surface area contributed by atoms with Gasteiger partial charge in [-0.05, 0) is 17.4 Å². The average molecular weight is 293 g/mol. The van der Waals surface area contributed by atoms with Gasteiger partial charge in [-0.25, -0.2) is 8.42 Å². The monoisotopic (exact) mass is 293 g/mol. The molecule has 1 aliphatic heterocycles. The minimum Gasteiger partial charge on any atom is -0.303 e. The maximum absolute atomic E-state index is 11.5. The van der Waals surface area contributed by atoms with Gasteiger partial charge in [-0.3, -0.25) is 0 Å². The van der Waals surface area contributed by atoms with Crippen LogP contribution < -0.4 is 5.32 Å². The van der Waals surface area contributed by atoms with Gasteiger partial charge in [-0.2, -0.15) is 0 Å². The highest BCUT2D eigenvalue weighted by Crippen LogP contribution is 2.30. The molecule has 1 N–H and O–H groups in total. The highest BCUT2D eigenvalue weighted by molar-refractivity contribution is 7.94. The Morgan fingerprint density at radius 1 is 1.25 bits per heavy atom. The Hall–Kier alpha value is -1.13. The Bertz CT molecular complexity index is 570. The van der Waals surface area contributed by atoms with Crippen molar-refractivity contribution < 1.29 is 8.42 Å². The lowest BCUT2D eigenvalue weighted by molar-refractivity contribution is 0.306. The van der Waals surface area contributed by atoms with Gasteiger partial charge in [0.05, 0.1) is 5.75 Å². The predicted molar refractivity (Wildman–Crippen MR) is 83.1 cm³/mol. The summed E-state index contributed by atoms with van der Waals surface area (Å²) in [6, 6.07) is 10.3. The van der Waals surface area contributed by atoms with Crippen molar-refractivity contribution >= 4 is 9.84 Å². The second kappa shape index (κ2) is 5.70. The van der Waals surface area contributed by atoms with Gasteiger partial charge in [0.15, 0.2) is 9.84 Å². The lowest BCUT2D eigenvalue weighted by atomic mass is 9.85. The molecule has 0 spiro atoms. The van der Waals surface area contributed by atoms with Crippen molar-refractivity contribution in [3.05, 3.63) is 47.4 Å². The van der Waals surface area contributed by atoms with Crippen LogP contribution in [0.25, 0.3) is 0 Å². The molecule has 1 heterocycles. The first-order valence-electron chi connectivity index (χ1n) is 6.97. The van der Waals surface area contributed by atoms with Gasteiger partial charge >= 0.3 is 0 Å². The van der Waals surface area contributed by atoms with Gasteiger partial charge in [-0.1, -0.05) is 57.2 Å². The topological polar surface area (TPSA) is 46.2 Å². The lowest BCUT2D eigenvalue weighted by Crippen LogP contribution is -2.35. The normalized spacial score (nSPS) is 22.9. The van der Waals surface area contributed by atoms with Crippen LogP contribution in [0.1, 0.15) is 38.8 Å². The van der Waals surface area contributed by atoms with Crippen LogP contribution in [0, 0.1) is 5.41 Å². The summed E-state index contributed by atoms with van der Waals surface area (Å²) in [5.74, 6) is 0.167. The molecule has 1 aromatic rings. The number of nitrogens with one attached hydrogen (secondary N) is 1. The van der Waals surface area contributed by atoms with E-state index >= 15 is 0 Å². The van der Waals surface area contributed by atoms with E-state index in [1.54, 1.807) is 6.08 Å². The zero-order valence-electron chi connectivity index (χ0n) is 12.3. The molecule has 2 rings (SSSR count). The summed E-state index contributed by atoms with van der Waals surface area (Å²) in [6.07, 6.45) is 2.72. The molecule has 110 valence electrons. The van der Waals surface area contributed by atoms with Gasteiger partial charge in [0, 0.05) is 17.5 Å². The summed E-state index contributed by atoms with van der Waals surface area (Å²) in [6.45, 7) is 6.60. The second-order valence-corrected chi connectivity index (χ2v) is 8.59. The molecule has 1 aromatic carbocycles. The lowest BCUT2D eigenvalue weighted by Gasteiger charge is -2.29. The van der Waals surface area contributed by atoms with E-state index in [1.807, 2.05) is 18.2 Å². The van der Waals surface area contributed by atoms with Crippen LogP contribution in [0.3, 0.4) is 0 Å². The summed E-state index contributed by atoms with van der Waals surface area (Å²) in [4.78, 5) is 0. The van der Waals surface area contributed by atoms with E-state index in [9.17, 15) is 8.42 Å². The van der Waals surface area contributed by atoms with Gasteiger partial charge in [-0.15, -0.1) is 0 Å². The summed E-state index contributed by atoms with van der Waals surface area (Å²) >= 11 is 0. The van der Waals surface area contributed by atoms with E-state index < -0.39 is 9.84 Å². The molecule has 0 aromatic heterocycles. The fraction of sp³-hybridized carbons (Fsp3) is 0.500. The molecule has 20 heavy (non-hydrogen) atoms. The largest absolute Gasteiger partial charge is 0.303 e. The van der Waals surface area contributed by atoms with E-state index in [0.717, 1.165) is 6.42 Å². The minimum absolute atomic E-state index is 0.0902. The fourth-order valence-corrected chi connectivity index (χ4v) is 3.76. The zero-order valence-corrected chi connectivity index (χ0v) is 13.2. The van der Waals surface area contributed by atoms with Crippen LogP contribution >= 0.6 is 0 Å². The molecule has 0 radical (unpaired) electrons. The standard InChI is InChI=1S/C16H23NO2S/c1-16(2,3)11-15(13-7-5-4-6-8-13)17-14-9-10-20(18,19)12-14/h4-10,14-15,17H,11-12H2,1-3H3. The molecular weight excluding hydrogens is 270 g/mol. The van der Waals surface area contributed by atoms with E-state index in [-0.39, 0.29) is 23.3 Å². The van der Waals surface area contributed by atoms with E-state index in [1.165, 1.54) is 11.0 Å². The Balaban J connectivity index is 2.14. The van der Waals surface area contributed by atoms with Crippen LogP contribution in [0.15, 0.2) is 41.8 Å². The molecular formula is C16H23NO2S. The SMILES string of the molecule is CC(C)(C)CC(NC1C=CS(=O)(=O)C1)c1ccccc1. The van der Waals surface area contributed by atoms with E-state index in [4.69, 9.17) is 0 Å². The van der Waals surface area contributed by atoms with Gasteiger partial charge in [0.1, 0.15) is 0 Å². The summed E-state index contributed by atoms with van der Waals surface area (Å²) < 4.78 is 23.0. The molecule has 3 nitrogen and oxygen atoms in total. The summed E-state index contributed by atoms with van der Waals surface area (Å²) in [5, 5.41) is 4.80. The van der Waals surface area contributed by atoms with Gasteiger partial charge in [0.2, 0.25) is 0 Å². The fourth-order valence-electron chi connectivity index (χ4n) is 2.51. The highest BCUT2D eigenvalue weighted by atomic mass is 32.2. The highest BCUT2D eigenvalue weighted by Gasteiger charge is 2.27. The minimum atomic E-state index is -3.01.